The molecule has 26 heavy (non-hydrogen) atoms. The van der Waals surface area contributed by atoms with E-state index in [1.807, 2.05) is 24.3 Å². The van der Waals surface area contributed by atoms with Gasteiger partial charge in [-0.2, -0.15) is 0 Å². The van der Waals surface area contributed by atoms with E-state index in [-0.39, 0.29) is 11.7 Å². The number of para-hydroxylation sites is 2. The van der Waals surface area contributed by atoms with Crippen LogP contribution in [0.2, 0.25) is 0 Å². The lowest BCUT2D eigenvalue weighted by molar-refractivity contribution is -0.115. The zero-order chi connectivity index (χ0) is 18.5. The van der Waals surface area contributed by atoms with E-state index in [2.05, 4.69) is 21.8 Å². The Hall–Kier alpha value is -2.60. The van der Waals surface area contributed by atoms with Crippen LogP contribution in [0, 0.1) is 0 Å². The summed E-state index contributed by atoms with van der Waals surface area (Å²) in [4.78, 5) is 28.5. The van der Waals surface area contributed by atoms with Gasteiger partial charge in [-0.25, -0.2) is 4.98 Å². The second-order valence-corrected chi connectivity index (χ2v) is 6.76. The maximum Gasteiger partial charge on any atom is 0.224 e. The van der Waals surface area contributed by atoms with E-state index >= 15 is 0 Å². The lowest BCUT2D eigenvalue weighted by atomic mass is 10.1. The Morgan fingerprint density at radius 2 is 1.81 bits per heavy atom. The van der Waals surface area contributed by atoms with Crippen LogP contribution < -0.4 is 5.32 Å². The van der Waals surface area contributed by atoms with E-state index in [4.69, 9.17) is 0 Å². The molecule has 0 unspecified atom stereocenters. The number of nitrogens with zero attached hydrogens (tertiary/aromatic N) is 2. The molecule has 5 nitrogen and oxygen atoms in total. The first-order valence-electron chi connectivity index (χ1n) is 8.63. The summed E-state index contributed by atoms with van der Waals surface area (Å²) in [5.41, 5.74) is 3.36. The summed E-state index contributed by atoms with van der Waals surface area (Å²) < 4.78 is 2.12. The van der Waals surface area contributed by atoms with Gasteiger partial charge >= 0.3 is 0 Å². The molecule has 0 aliphatic rings. The van der Waals surface area contributed by atoms with Crippen molar-refractivity contribution in [1.29, 1.82) is 0 Å². The second kappa shape index (κ2) is 8.19. The van der Waals surface area contributed by atoms with Crippen molar-refractivity contribution in [3.05, 3.63) is 54.1 Å². The zero-order valence-electron chi connectivity index (χ0n) is 14.9. The first kappa shape index (κ1) is 18.2. The van der Waals surface area contributed by atoms with Gasteiger partial charge in [0.25, 0.3) is 0 Å². The third-order valence-electron chi connectivity index (χ3n) is 4.08. The quantitative estimate of drug-likeness (QED) is 0.497. The first-order valence-corrected chi connectivity index (χ1v) is 9.62. The Morgan fingerprint density at radius 1 is 1.08 bits per heavy atom. The highest BCUT2D eigenvalue weighted by atomic mass is 32.2. The number of thioether (sulfide) groups is 1. The maximum atomic E-state index is 12.5. The highest BCUT2D eigenvalue weighted by Crippen LogP contribution is 2.24. The van der Waals surface area contributed by atoms with Gasteiger partial charge in [-0.3, -0.25) is 9.59 Å². The molecule has 0 fully saturated rings. The molecule has 1 aromatic heterocycles. The van der Waals surface area contributed by atoms with E-state index in [0.29, 0.717) is 23.4 Å². The van der Waals surface area contributed by atoms with Crippen molar-refractivity contribution in [3.63, 3.8) is 0 Å². The van der Waals surface area contributed by atoms with E-state index in [1.54, 1.807) is 31.2 Å². The van der Waals surface area contributed by atoms with Gasteiger partial charge in [0.15, 0.2) is 10.9 Å². The van der Waals surface area contributed by atoms with Crippen molar-refractivity contribution >= 4 is 40.2 Å². The number of hydrogen-bond acceptors (Lipinski definition) is 4. The average Bonchev–Trinajstić information content (AvgIpc) is 3.04. The molecule has 0 bridgehead atoms. The number of rotatable bonds is 7. The minimum atomic E-state index is -0.0434. The number of benzene rings is 2. The van der Waals surface area contributed by atoms with Crippen LogP contribution in [-0.2, 0) is 11.3 Å². The largest absolute Gasteiger partial charge is 0.326 e. The number of Topliss-reactive ketones (excluding diaryl/α,β-unsaturated/α-hetero) is 1. The zero-order valence-corrected chi connectivity index (χ0v) is 15.7. The Labute approximate surface area is 156 Å². The average molecular weight is 367 g/mol. The smallest absolute Gasteiger partial charge is 0.224 e. The number of carbonyl (C=O) groups is 2. The van der Waals surface area contributed by atoms with Crippen molar-refractivity contribution in [2.75, 3.05) is 11.1 Å². The SMILES string of the molecule is CCC(=O)Nc1ccc(C(=O)CSc2nc3ccccc3n2CC)cc1. The van der Waals surface area contributed by atoms with Crippen molar-refractivity contribution in [2.24, 2.45) is 0 Å². The number of imidazole rings is 1. The molecule has 0 saturated carbocycles. The predicted molar refractivity (Wildman–Crippen MR) is 106 cm³/mol. The first-order chi connectivity index (χ1) is 12.6. The van der Waals surface area contributed by atoms with E-state index in [0.717, 1.165) is 22.7 Å². The number of hydrogen-bond donors (Lipinski definition) is 1. The highest BCUT2D eigenvalue weighted by molar-refractivity contribution is 7.99. The minimum absolute atomic E-state index is 0.0399. The minimum Gasteiger partial charge on any atom is -0.326 e. The number of aromatic nitrogens is 2. The molecular weight excluding hydrogens is 346 g/mol. The normalized spacial score (nSPS) is 10.8. The van der Waals surface area contributed by atoms with Gasteiger partial charge in [0.05, 0.1) is 16.8 Å². The lowest BCUT2D eigenvalue weighted by Gasteiger charge is -2.06. The van der Waals surface area contributed by atoms with Gasteiger partial charge in [-0.15, -0.1) is 0 Å². The topological polar surface area (TPSA) is 64.0 Å². The Kier molecular flexibility index (Phi) is 5.73. The van der Waals surface area contributed by atoms with E-state index in [9.17, 15) is 9.59 Å². The van der Waals surface area contributed by atoms with Crippen molar-refractivity contribution < 1.29 is 9.59 Å². The molecule has 2 aromatic carbocycles. The number of carbonyl (C=O) groups excluding carboxylic acids is 2. The van der Waals surface area contributed by atoms with Gasteiger partial charge in [-0.1, -0.05) is 30.8 Å². The molecule has 0 radical (unpaired) electrons. The molecule has 0 saturated heterocycles. The molecular formula is C20H21N3O2S. The van der Waals surface area contributed by atoms with Crippen LogP contribution >= 0.6 is 11.8 Å². The van der Waals surface area contributed by atoms with Crippen molar-refractivity contribution in [1.82, 2.24) is 9.55 Å². The summed E-state index contributed by atoms with van der Waals surface area (Å²) in [5, 5.41) is 3.63. The molecule has 134 valence electrons. The molecule has 3 rings (SSSR count). The number of nitrogens with one attached hydrogen (secondary N) is 1. The van der Waals surface area contributed by atoms with Crippen LogP contribution in [0.3, 0.4) is 0 Å². The molecule has 1 N–H and O–H groups in total. The predicted octanol–water partition coefficient (Wildman–Crippen LogP) is 4.38. The summed E-state index contributed by atoms with van der Waals surface area (Å²) in [6.07, 6.45) is 0.426. The van der Waals surface area contributed by atoms with E-state index < -0.39 is 0 Å². The lowest BCUT2D eigenvalue weighted by Crippen LogP contribution is -2.10. The third kappa shape index (κ3) is 3.96. The highest BCUT2D eigenvalue weighted by Gasteiger charge is 2.13. The van der Waals surface area contributed by atoms with Crippen LogP contribution in [0.5, 0.6) is 0 Å². The van der Waals surface area contributed by atoms with E-state index in [1.165, 1.54) is 11.8 Å². The van der Waals surface area contributed by atoms with Crippen LogP contribution in [0.25, 0.3) is 11.0 Å². The summed E-state index contributed by atoms with van der Waals surface area (Å²) >= 11 is 1.45. The second-order valence-electron chi connectivity index (χ2n) is 5.82. The number of aryl methyl sites for hydroxylation is 1. The monoisotopic (exact) mass is 367 g/mol. The number of amides is 1. The van der Waals surface area contributed by atoms with Gasteiger partial charge in [-0.05, 0) is 43.3 Å². The standard InChI is InChI=1S/C20H21N3O2S/c1-3-19(25)21-15-11-9-14(10-12-15)18(24)13-26-20-22-16-7-5-6-8-17(16)23(20)4-2/h5-12H,3-4,13H2,1-2H3,(H,21,25). The van der Waals surface area contributed by atoms with Crippen LogP contribution in [0.4, 0.5) is 5.69 Å². The molecule has 1 amide bonds. The number of anilines is 1. The molecule has 0 atom stereocenters. The molecule has 1 heterocycles. The molecule has 0 aliphatic heterocycles. The van der Waals surface area contributed by atoms with Gasteiger partial charge in [0.1, 0.15) is 0 Å². The molecule has 0 aliphatic carbocycles. The Bertz CT molecular complexity index is 932. The van der Waals surface area contributed by atoms with Crippen molar-refractivity contribution in [2.45, 2.75) is 32.0 Å². The summed E-state index contributed by atoms with van der Waals surface area (Å²) in [5.74, 6) is 0.320. The Morgan fingerprint density at radius 3 is 2.50 bits per heavy atom. The fourth-order valence-corrected chi connectivity index (χ4v) is 3.64. The fraction of sp³-hybridized carbons (Fsp3) is 0.250. The summed E-state index contributed by atoms with van der Waals surface area (Å²) in [7, 11) is 0. The van der Waals surface area contributed by atoms with Crippen LogP contribution in [0.15, 0.2) is 53.7 Å². The molecule has 0 spiro atoms. The van der Waals surface area contributed by atoms with Crippen LogP contribution in [0.1, 0.15) is 30.6 Å². The number of fused-ring (bicyclic) bond motifs is 1. The van der Waals surface area contributed by atoms with Gasteiger partial charge in [0, 0.05) is 24.2 Å². The third-order valence-corrected chi connectivity index (χ3v) is 5.06. The van der Waals surface area contributed by atoms with Crippen molar-refractivity contribution in [3.8, 4) is 0 Å². The van der Waals surface area contributed by atoms with Gasteiger partial charge in [0.2, 0.25) is 5.91 Å². The van der Waals surface area contributed by atoms with Crippen LogP contribution in [-0.4, -0.2) is 27.0 Å². The Balaban J connectivity index is 1.68. The fourth-order valence-electron chi connectivity index (χ4n) is 2.67. The molecule has 6 heteroatoms. The maximum absolute atomic E-state index is 12.5. The molecule has 3 aromatic rings. The van der Waals surface area contributed by atoms with Gasteiger partial charge < -0.3 is 9.88 Å². The summed E-state index contributed by atoms with van der Waals surface area (Å²) in [6, 6.07) is 15.0. The number of ketones is 1. The summed E-state index contributed by atoms with van der Waals surface area (Å²) in [6.45, 7) is 4.68.